The summed E-state index contributed by atoms with van der Waals surface area (Å²) in [5, 5.41) is 0.427. The zero-order valence-electron chi connectivity index (χ0n) is 10.3. The molecule has 0 fully saturated rings. The Morgan fingerprint density at radius 2 is 1.94 bits per heavy atom. The van der Waals surface area contributed by atoms with E-state index in [1.807, 2.05) is 24.3 Å². The van der Waals surface area contributed by atoms with Gasteiger partial charge in [0.15, 0.2) is 0 Å². The summed E-state index contributed by atoms with van der Waals surface area (Å²) >= 11 is 5.94. The first-order chi connectivity index (χ1) is 8.69. The highest BCUT2D eigenvalue weighted by Gasteiger charge is 2.08. The van der Waals surface area contributed by atoms with E-state index < -0.39 is 0 Å². The van der Waals surface area contributed by atoms with Gasteiger partial charge in [-0.3, -0.25) is 0 Å². The van der Waals surface area contributed by atoms with E-state index in [0.29, 0.717) is 10.8 Å². The number of nitrogens with zero attached hydrogens (tertiary/aromatic N) is 2. The lowest BCUT2D eigenvalue weighted by molar-refractivity contribution is 0.814. The van der Waals surface area contributed by atoms with Crippen LogP contribution in [-0.2, 0) is 6.54 Å². The molecule has 18 heavy (non-hydrogen) atoms. The molecule has 3 nitrogen and oxygen atoms in total. The van der Waals surface area contributed by atoms with Gasteiger partial charge in [-0.2, -0.15) is 0 Å². The number of aromatic nitrogens is 1. The number of hydrogen-bond donors (Lipinski definition) is 1. The summed E-state index contributed by atoms with van der Waals surface area (Å²) in [5.74, 6) is 0.811. The van der Waals surface area contributed by atoms with Crippen molar-refractivity contribution in [2.75, 3.05) is 17.2 Å². The Labute approximate surface area is 112 Å². The van der Waals surface area contributed by atoms with Crippen molar-refractivity contribution in [1.82, 2.24) is 4.98 Å². The fourth-order valence-electron chi connectivity index (χ4n) is 1.82. The molecule has 0 aliphatic rings. The Hall–Kier alpha value is -1.74. The summed E-state index contributed by atoms with van der Waals surface area (Å²) < 4.78 is 0. The van der Waals surface area contributed by atoms with Gasteiger partial charge in [0.05, 0.1) is 0 Å². The molecular weight excluding hydrogens is 246 g/mol. The van der Waals surface area contributed by atoms with Gasteiger partial charge in [0.2, 0.25) is 0 Å². The van der Waals surface area contributed by atoms with Gasteiger partial charge in [0.1, 0.15) is 11.0 Å². The average molecular weight is 262 g/mol. The van der Waals surface area contributed by atoms with Crippen molar-refractivity contribution in [1.29, 1.82) is 0 Å². The number of nitrogens with two attached hydrogens (primary N) is 1. The van der Waals surface area contributed by atoms with E-state index >= 15 is 0 Å². The van der Waals surface area contributed by atoms with Crippen LogP contribution in [0.15, 0.2) is 42.5 Å². The number of rotatable bonds is 4. The van der Waals surface area contributed by atoms with E-state index in [9.17, 15) is 0 Å². The minimum Gasteiger partial charge on any atom is -0.399 e. The van der Waals surface area contributed by atoms with Gasteiger partial charge in [-0.1, -0.05) is 41.9 Å². The molecule has 0 saturated carbocycles. The first-order valence-electron chi connectivity index (χ1n) is 5.91. The van der Waals surface area contributed by atoms with Crippen molar-refractivity contribution in [3.63, 3.8) is 0 Å². The molecule has 0 amide bonds. The normalized spacial score (nSPS) is 10.3. The average Bonchev–Trinajstić information content (AvgIpc) is 2.36. The van der Waals surface area contributed by atoms with Gasteiger partial charge in [-0.15, -0.1) is 0 Å². The van der Waals surface area contributed by atoms with Gasteiger partial charge >= 0.3 is 0 Å². The van der Waals surface area contributed by atoms with Crippen molar-refractivity contribution in [3.05, 3.63) is 53.2 Å². The number of anilines is 2. The Balaban J connectivity index is 2.23. The van der Waals surface area contributed by atoms with Crippen LogP contribution in [0.3, 0.4) is 0 Å². The van der Waals surface area contributed by atoms with E-state index in [1.54, 1.807) is 6.07 Å². The first kappa shape index (κ1) is 12.7. The Kier molecular flexibility index (Phi) is 4.05. The molecule has 0 atom stereocenters. The fourth-order valence-corrected chi connectivity index (χ4v) is 2.04. The summed E-state index contributed by atoms with van der Waals surface area (Å²) in [6, 6.07) is 13.8. The third-order valence-electron chi connectivity index (χ3n) is 2.72. The quantitative estimate of drug-likeness (QED) is 0.859. The number of hydrogen-bond acceptors (Lipinski definition) is 3. The molecule has 0 radical (unpaired) electrons. The highest BCUT2D eigenvalue weighted by Crippen LogP contribution is 2.21. The van der Waals surface area contributed by atoms with Gasteiger partial charge < -0.3 is 10.6 Å². The van der Waals surface area contributed by atoms with Crippen molar-refractivity contribution in [2.24, 2.45) is 0 Å². The summed E-state index contributed by atoms with van der Waals surface area (Å²) in [6.07, 6.45) is 0. The smallest absolute Gasteiger partial charge is 0.133 e. The van der Waals surface area contributed by atoms with Crippen LogP contribution >= 0.6 is 11.6 Å². The maximum atomic E-state index is 5.94. The monoisotopic (exact) mass is 261 g/mol. The topological polar surface area (TPSA) is 42.1 Å². The second kappa shape index (κ2) is 5.74. The van der Waals surface area contributed by atoms with Crippen LogP contribution in [0.1, 0.15) is 12.5 Å². The molecule has 1 aromatic heterocycles. The first-order valence-corrected chi connectivity index (χ1v) is 6.28. The lowest BCUT2D eigenvalue weighted by atomic mass is 10.2. The summed E-state index contributed by atoms with van der Waals surface area (Å²) in [7, 11) is 0. The standard InChI is InChI=1S/C14H16ClN3/c1-2-18(10-11-6-4-3-5-7-11)14-9-12(16)8-13(15)17-14/h3-9H,2,10H2,1H3,(H2,16,17). The van der Waals surface area contributed by atoms with Crippen LogP contribution in [-0.4, -0.2) is 11.5 Å². The molecule has 4 heteroatoms. The molecule has 94 valence electrons. The van der Waals surface area contributed by atoms with Crippen LogP contribution in [0.5, 0.6) is 0 Å². The maximum Gasteiger partial charge on any atom is 0.133 e. The zero-order valence-corrected chi connectivity index (χ0v) is 11.1. The molecule has 0 aliphatic heterocycles. The Bertz CT molecular complexity index is 493. The molecule has 2 N–H and O–H groups in total. The lowest BCUT2D eigenvalue weighted by Crippen LogP contribution is -2.23. The van der Waals surface area contributed by atoms with Gasteiger partial charge in [-0.25, -0.2) is 4.98 Å². The van der Waals surface area contributed by atoms with Gasteiger partial charge in [-0.05, 0) is 18.6 Å². The Morgan fingerprint density at radius 1 is 1.22 bits per heavy atom. The third kappa shape index (κ3) is 3.14. The molecule has 2 aromatic rings. The molecule has 2 rings (SSSR count). The molecule has 1 aromatic carbocycles. The number of benzene rings is 1. The second-order valence-corrected chi connectivity index (χ2v) is 4.47. The fraction of sp³-hybridized carbons (Fsp3) is 0.214. The molecule has 0 saturated heterocycles. The predicted molar refractivity (Wildman–Crippen MR) is 76.8 cm³/mol. The highest BCUT2D eigenvalue weighted by molar-refractivity contribution is 6.29. The predicted octanol–water partition coefficient (Wildman–Crippen LogP) is 3.34. The molecule has 0 bridgehead atoms. The van der Waals surface area contributed by atoms with Crippen LogP contribution < -0.4 is 10.6 Å². The highest BCUT2D eigenvalue weighted by atomic mass is 35.5. The molecule has 1 heterocycles. The van der Waals surface area contributed by atoms with E-state index in [0.717, 1.165) is 18.9 Å². The SMILES string of the molecule is CCN(Cc1ccccc1)c1cc(N)cc(Cl)n1. The van der Waals surface area contributed by atoms with E-state index in [4.69, 9.17) is 17.3 Å². The third-order valence-corrected chi connectivity index (χ3v) is 2.92. The molecular formula is C14H16ClN3. The van der Waals surface area contributed by atoms with Crippen molar-refractivity contribution < 1.29 is 0 Å². The summed E-state index contributed by atoms with van der Waals surface area (Å²) in [5.41, 5.74) is 7.67. The van der Waals surface area contributed by atoms with Crippen molar-refractivity contribution >= 4 is 23.1 Å². The van der Waals surface area contributed by atoms with E-state index in [1.165, 1.54) is 5.56 Å². The van der Waals surface area contributed by atoms with Gasteiger partial charge in [0.25, 0.3) is 0 Å². The van der Waals surface area contributed by atoms with Crippen molar-refractivity contribution in [2.45, 2.75) is 13.5 Å². The zero-order chi connectivity index (χ0) is 13.0. The van der Waals surface area contributed by atoms with E-state index in [2.05, 4.69) is 28.9 Å². The van der Waals surface area contributed by atoms with Crippen LogP contribution in [0.2, 0.25) is 5.15 Å². The van der Waals surface area contributed by atoms with Crippen molar-refractivity contribution in [3.8, 4) is 0 Å². The minimum atomic E-state index is 0.427. The Morgan fingerprint density at radius 3 is 2.56 bits per heavy atom. The molecule has 0 unspecified atom stereocenters. The van der Waals surface area contributed by atoms with Crippen LogP contribution in [0, 0.1) is 0 Å². The van der Waals surface area contributed by atoms with Gasteiger partial charge in [0, 0.05) is 24.8 Å². The van der Waals surface area contributed by atoms with E-state index in [-0.39, 0.29) is 0 Å². The van der Waals surface area contributed by atoms with Crippen LogP contribution in [0.4, 0.5) is 11.5 Å². The number of halogens is 1. The second-order valence-electron chi connectivity index (χ2n) is 4.08. The number of nitrogen functional groups attached to an aromatic ring is 1. The molecule has 0 aliphatic carbocycles. The minimum absolute atomic E-state index is 0.427. The maximum absolute atomic E-state index is 5.94. The number of pyridine rings is 1. The molecule has 0 spiro atoms. The summed E-state index contributed by atoms with van der Waals surface area (Å²) in [4.78, 5) is 6.45. The lowest BCUT2D eigenvalue weighted by Gasteiger charge is -2.22. The van der Waals surface area contributed by atoms with Crippen LogP contribution in [0.25, 0.3) is 0 Å². The summed E-state index contributed by atoms with van der Waals surface area (Å²) in [6.45, 7) is 3.73. The largest absolute Gasteiger partial charge is 0.399 e.